The molecule has 0 fully saturated rings. The lowest BCUT2D eigenvalue weighted by molar-refractivity contribution is 0.465. The van der Waals surface area contributed by atoms with Crippen molar-refractivity contribution in [3.05, 3.63) is 35.9 Å². The van der Waals surface area contributed by atoms with E-state index in [9.17, 15) is 5.26 Å². The van der Waals surface area contributed by atoms with Crippen LogP contribution in [0.2, 0.25) is 0 Å². The second-order valence-corrected chi connectivity index (χ2v) is 4.44. The number of nitriles is 1. The molecule has 16 heavy (non-hydrogen) atoms. The predicted molar refractivity (Wildman–Crippen MR) is 68.6 cm³/mol. The number of alkyl halides is 1. The summed E-state index contributed by atoms with van der Waals surface area (Å²) in [6.45, 7) is 2.08. The maximum Gasteiger partial charge on any atom is 0.0819 e. The van der Waals surface area contributed by atoms with E-state index in [-0.39, 0.29) is 5.41 Å². The molecule has 0 aliphatic heterocycles. The molecule has 1 nitrogen and oxygen atoms in total. The fraction of sp³-hybridized carbons (Fsp3) is 0.500. The lowest BCUT2D eigenvalue weighted by Gasteiger charge is -2.25. The number of nitrogens with zero attached hydrogens (tertiary/aromatic N) is 1. The van der Waals surface area contributed by atoms with Gasteiger partial charge in [-0.05, 0) is 24.8 Å². The molecule has 2 heteroatoms. The standard InChI is InChI=1S/C14H18ClN/c1-2-14(12-16,10-6-7-11-15)13-8-4-3-5-9-13/h3-5,8-9H,2,6-7,10-11H2,1H3. The third-order valence-corrected chi connectivity index (χ3v) is 3.40. The van der Waals surface area contributed by atoms with Gasteiger partial charge in [-0.2, -0.15) is 5.26 Å². The van der Waals surface area contributed by atoms with Crippen molar-refractivity contribution in [2.75, 3.05) is 5.88 Å². The molecule has 0 aromatic heterocycles. The predicted octanol–water partition coefficient (Wildman–Crippen LogP) is 4.27. The first-order chi connectivity index (χ1) is 7.79. The van der Waals surface area contributed by atoms with Crippen LogP contribution in [0.3, 0.4) is 0 Å². The van der Waals surface area contributed by atoms with Crippen molar-refractivity contribution in [1.29, 1.82) is 5.26 Å². The van der Waals surface area contributed by atoms with Crippen LogP contribution >= 0.6 is 11.6 Å². The molecule has 0 bridgehead atoms. The zero-order chi connectivity index (χ0) is 11.9. The van der Waals surface area contributed by atoms with E-state index in [0.717, 1.165) is 31.2 Å². The van der Waals surface area contributed by atoms with Gasteiger partial charge in [0.05, 0.1) is 11.5 Å². The second kappa shape index (κ2) is 6.55. The smallest absolute Gasteiger partial charge is 0.0819 e. The molecule has 0 radical (unpaired) electrons. The van der Waals surface area contributed by atoms with Gasteiger partial charge in [0.15, 0.2) is 0 Å². The van der Waals surface area contributed by atoms with Crippen LogP contribution in [0.4, 0.5) is 0 Å². The van der Waals surface area contributed by atoms with Crippen LogP contribution in [0.15, 0.2) is 30.3 Å². The average Bonchev–Trinajstić information content (AvgIpc) is 2.36. The Labute approximate surface area is 103 Å². The highest BCUT2D eigenvalue weighted by molar-refractivity contribution is 6.17. The van der Waals surface area contributed by atoms with E-state index in [4.69, 9.17) is 11.6 Å². The van der Waals surface area contributed by atoms with Crippen LogP contribution in [0.25, 0.3) is 0 Å². The highest BCUT2D eigenvalue weighted by Crippen LogP contribution is 2.32. The van der Waals surface area contributed by atoms with E-state index in [1.807, 2.05) is 30.3 Å². The number of rotatable bonds is 6. The van der Waals surface area contributed by atoms with Crippen molar-refractivity contribution < 1.29 is 0 Å². The average molecular weight is 236 g/mol. The van der Waals surface area contributed by atoms with E-state index >= 15 is 0 Å². The van der Waals surface area contributed by atoms with Crippen molar-refractivity contribution in [2.45, 2.75) is 38.0 Å². The third kappa shape index (κ3) is 3.00. The largest absolute Gasteiger partial charge is 0.197 e. The Balaban J connectivity index is 2.85. The summed E-state index contributed by atoms with van der Waals surface area (Å²) in [5.41, 5.74) is 0.808. The van der Waals surface area contributed by atoms with Crippen LogP contribution in [-0.2, 0) is 5.41 Å². The first-order valence-electron chi connectivity index (χ1n) is 5.82. The zero-order valence-corrected chi connectivity index (χ0v) is 10.5. The highest BCUT2D eigenvalue weighted by Gasteiger charge is 2.29. The number of hydrogen-bond acceptors (Lipinski definition) is 1. The fourth-order valence-corrected chi connectivity index (χ4v) is 2.19. The minimum atomic E-state index is -0.326. The minimum absolute atomic E-state index is 0.326. The molecule has 1 aromatic carbocycles. The summed E-state index contributed by atoms with van der Waals surface area (Å²) in [6.07, 6.45) is 3.75. The summed E-state index contributed by atoms with van der Waals surface area (Å²) in [7, 11) is 0. The molecule has 0 aliphatic carbocycles. The first-order valence-corrected chi connectivity index (χ1v) is 6.35. The van der Waals surface area contributed by atoms with Gasteiger partial charge in [0.25, 0.3) is 0 Å². The Morgan fingerprint density at radius 1 is 1.25 bits per heavy atom. The van der Waals surface area contributed by atoms with Crippen molar-refractivity contribution in [3.63, 3.8) is 0 Å². The van der Waals surface area contributed by atoms with Crippen molar-refractivity contribution in [3.8, 4) is 6.07 Å². The molecular weight excluding hydrogens is 218 g/mol. The van der Waals surface area contributed by atoms with Crippen LogP contribution < -0.4 is 0 Å². The van der Waals surface area contributed by atoms with Gasteiger partial charge >= 0.3 is 0 Å². The molecule has 1 aromatic rings. The van der Waals surface area contributed by atoms with Gasteiger partial charge in [-0.15, -0.1) is 11.6 Å². The van der Waals surface area contributed by atoms with Gasteiger partial charge in [0.1, 0.15) is 0 Å². The fourth-order valence-electron chi connectivity index (χ4n) is 2.00. The van der Waals surface area contributed by atoms with E-state index in [1.54, 1.807) is 0 Å². The number of hydrogen-bond donors (Lipinski definition) is 0. The van der Waals surface area contributed by atoms with Gasteiger partial charge in [0, 0.05) is 5.88 Å². The molecule has 0 amide bonds. The summed E-state index contributed by atoms with van der Waals surface area (Å²) in [5, 5.41) is 9.45. The maximum atomic E-state index is 9.45. The summed E-state index contributed by atoms with van der Waals surface area (Å²) in [5.74, 6) is 0.681. The van der Waals surface area contributed by atoms with Crippen LogP contribution in [0.5, 0.6) is 0 Å². The number of halogens is 1. The van der Waals surface area contributed by atoms with E-state index < -0.39 is 0 Å². The zero-order valence-electron chi connectivity index (χ0n) is 9.75. The Kier molecular flexibility index (Phi) is 5.35. The normalized spacial score (nSPS) is 14.1. The van der Waals surface area contributed by atoms with Crippen molar-refractivity contribution >= 4 is 11.6 Å². The molecule has 0 heterocycles. The molecule has 0 saturated carbocycles. The van der Waals surface area contributed by atoms with E-state index in [0.29, 0.717) is 5.88 Å². The molecule has 0 aliphatic rings. The van der Waals surface area contributed by atoms with E-state index in [2.05, 4.69) is 13.0 Å². The van der Waals surface area contributed by atoms with Gasteiger partial charge in [-0.3, -0.25) is 0 Å². The van der Waals surface area contributed by atoms with E-state index in [1.165, 1.54) is 0 Å². The molecular formula is C14H18ClN. The lowest BCUT2D eigenvalue weighted by atomic mass is 9.75. The molecule has 1 atom stereocenters. The Morgan fingerprint density at radius 2 is 1.94 bits per heavy atom. The number of benzene rings is 1. The second-order valence-electron chi connectivity index (χ2n) is 4.06. The molecule has 1 unspecified atom stereocenters. The first kappa shape index (κ1) is 13.1. The van der Waals surface area contributed by atoms with Gasteiger partial charge < -0.3 is 0 Å². The van der Waals surface area contributed by atoms with Crippen molar-refractivity contribution in [1.82, 2.24) is 0 Å². The molecule has 86 valence electrons. The van der Waals surface area contributed by atoms with Gasteiger partial charge in [0.2, 0.25) is 0 Å². The van der Waals surface area contributed by atoms with Crippen LogP contribution in [0.1, 0.15) is 38.2 Å². The molecule has 1 rings (SSSR count). The monoisotopic (exact) mass is 235 g/mol. The maximum absolute atomic E-state index is 9.45. The Morgan fingerprint density at radius 3 is 2.44 bits per heavy atom. The SMILES string of the molecule is CCC(C#N)(CCCCCl)c1ccccc1. The molecule has 0 saturated heterocycles. The van der Waals surface area contributed by atoms with Gasteiger partial charge in [-0.1, -0.05) is 43.7 Å². The van der Waals surface area contributed by atoms with Crippen molar-refractivity contribution in [2.24, 2.45) is 0 Å². The topological polar surface area (TPSA) is 23.8 Å². The Hall–Kier alpha value is -1.00. The minimum Gasteiger partial charge on any atom is -0.197 e. The Bertz CT molecular complexity index is 342. The summed E-state index contributed by atoms with van der Waals surface area (Å²) in [6, 6.07) is 12.6. The van der Waals surface area contributed by atoms with Crippen LogP contribution in [0, 0.1) is 11.3 Å². The third-order valence-electron chi connectivity index (χ3n) is 3.13. The molecule has 0 spiro atoms. The number of unbranched alkanes of at least 4 members (excludes halogenated alkanes) is 1. The molecule has 0 N–H and O–H groups in total. The summed E-state index contributed by atoms with van der Waals surface area (Å²) >= 11 is 5.68. The quantitative estimate of drug-likeness (QED) is 0.534. The lowest BCUT2D eigenvalue weighted by Crippen LogP contribution is -2.23. The summed E-state index contributed by atoms with van der Waals surface area (Å²) < 4.78 is 0. The summed E-state index contributed by atoms with van der Waals surface area (Å²) in [4.78, 5) is 0. The van der Waals surface area contributed by atoms with Gasteiger partial charge in [-0.25, -0.2) is 0 Å². The highest BCUT2D eigenvalue weighted by atomic mass is 35.5. The van der Waals surface area contributed by atoms with Crippen LogP contribution in [-0.4, -0.2) is 5.88 Å².